The van der Waals surface area contributed by atoms with Gasteiger partial charge in [0.2, 0.25) is 0 Å². The van der Waals surface area contributed by atoms with Crippen LogP contribution < -0.4 is 5.73 Å². The van der Waals surface area contributed by atoms with Gasteiger partial charge in [-0.2, -0.15) is 0 Å². The Morgan fingerprint density at radius 1 is 1.42 bits per heavy atom. The molecule has 0 saturated heterocycles. The number of hydrogen-bond acceptors (Lipinski definition) is 1. The van der Waals surface area contributed by atoms with Crippen LogP contribution in [-0.4, -0.2) is 5.84 Å². The predicted molar refractivity (Wildman–Crippen MR) is 57.5 cm³/mol. The lowest BCUT2D eigenvalue weighted by molar-refractivity contribution is 1.23. The number of amidine groups is 1. The van der Waals surface area contributed by atoms with Crippen molar-refractivity contribution in [2.75, 3.05) is 0 Å². The van der Waals surface area contributed by atoms with Gasteiger partial charge in [-0.15, -0.1) is 0 Å². The van der Waals surface area contributed by atoms with Crippen molar-refractivity contribution < 1.29 is 0 Å². The van der Waals surface area contributed by atoms with Crippen LogP contribution in [0.25, 0.3) is 0 Å². The smallest absolute Gasteiger partial charge is 0.0950 e. The summed E-state index contributed by atoms with van der Waals surface area (Å²) in [5, 5.41) is 7.14. The monoisotopic (exact) mass is 290 g/mol. The van der Waals surface area contributed by atoms with Gasteiger partial charge in [0.05, 0.1) is 5.84 Å². The van der Waals surface area contributed by atoms with E-state index in [1.807, 2.05) is 18.2 Å². The van der Waals surface area contributed by atoms with Gasteiger partial charge < -0.3 is 5.73 Å². The first-order valence-electron chi connectivity index (χ1n) is 3.37. The minimum absolute atomic E-state index is 0.175. The molecule has 0 fully saturated rings. The molecule has 2 nitrogen and oxygen atoms in total. The summed E-state index contributed by atoms with van der Waals surface area (Å²) in [6.45, 7) is 0. The van der Waals surface area contributed by atoms with E-state index in [2.05, 4.69) is 31.9 Å². The highest BCUT2D eigenvalue weighted by atomic mass is 79.9. The molecule has 1 rings (SSSR count). The Morgan fingerprint density at radius 2 is 2.08 bits per heavy atom. The van der Waals surface area contributed by atoms with E-state index >= 15 is 0 Å². The molecule has 0 aromatic heterocycles. The highest BCUT2D eigenvalue weighted by Crippen LogP contribution is 2.26. The molecule has 0 aliphatic rings. The highest BCUT2D eigenvalue weighted by molar-refractivity contribution is 9.13. The van der Waals surface area contributed by atoms with E-state index in [4.69, 9.17) is 11.1 Å². The van der Waals surface area contributed by atoms with E-state index in [-0.39, 0.29) is 5.84 Å². The quantitative estimate of drug-likeness (QED) is 0.639. The maximum absolute atomic E-state index is 7.14. The summed E-state index contributed by atoms with van der Waals surface area (Å²) in [5.41, 5.74) is 6.32. The molecule has 12 heavy (non-hydrogen) atoms. The second kappa shape index (κ2) is 4.05. The lowest BCUT2D eigenvalue weighted by atomic mass is 10.1. The highest BCUT2D eigenvalue weighted by Gasteiger charge is 2.03. The molecule has 0 bridgehead atoms. The summed E-state index contributed by atoms with van der Waals surface area (Å²) in [6.07, 6.45) is 0.486. The molecule has 0 aliphatic heterocycles. The molecule has 64 valence electrons. The minimum Gasteiger partial charge on any atom is -0.387 e. The number of hydrogen-bond donors (Lipinski definition) is 2. The van der Waals surface area contributed by atoms with E-state index < -0.39 is 0 Å². The van der Waals surface area contributed by atoms with Crippen LogP contribution in [0.15, 0.2) is 27.1 Å². The summed E-state index contributed by atoms with van der Waals surface area (Å²) in [7, 11) is 0. The van der Waals surface area contributed by atoms with Crippen LogP contribution in [0.3, 0.4) is 0 Å². The van der Waals surface area contributed by atoms with Crippen molar-refractivity contribution in [3.8, 4) is 0 Å². The van der Waals surface area contributed by atoms with Crippen molar-refractivity contribution in [2.24, 2.45) is 5.73 Å². The minimum atomic E-state index is 0.175. The standard InChI is InChI=1S/C8H8Br2N2/c9-6-3-1-2-5(8(6)10)4-7(11)12/h1-3H,4H2,(H3,11,12). The summed E-state index contributed by atoms with van der Waals surface area (Å²) in [4.78, 5) is 0. The maximum atomic E-state index is 7.14. The fourth-order valence-electron chi connectivity index (χ4n) is 0.890. The lowest BCUT2D eigenvalue weighted by Crippen LogP contribution is -2.12. The van der Waals surface area contributed by atoms with Gasteiger partial charge in [0.15, 0.2) is 0 Å². The first kappa shape index (κ1) is 9.74. The molecule has 0 amide bonds. The number of rotatable bonds is 2. The maximum Gasteiger partial charge on any atom is 0.0950 e. The topological polar surface area (TPSA) is 49.9 Å². The van der Waals surface area contributed by atoms with Crippen LogP contribution in [0.1, 0.15) is 5.56 Å². The third kappa shape index (κ3) is 2.32. The van der Waals surface area contributed by atoms with Gasteiger partial charge in [-0.1, -0.05) is 12.1 Å². The number of halogens is 2. The van der Waals surface area contributed by atoms with Crippen LogP contribution in [0.4, 0.5) is 0 Å². The zero-order valence-electron chi connectivity index (χ0n) is 6.27. The Morgan fingerprint density at radius 3 is 2.67 bits per heavy atom. The third-order valence-corrected chi connectivity index (χ3v) is 3.54. The molecule has 0 heterocycles. The molecule has 3 N–H and O–H groups in total. The first-order valence-corrected chi connectivity index (χ1v) is 4.95. The predicted octanol–water partition coefficient (Wildman–Crippen LogP) is 2.69. The van der Waals surface area contributed by atoms with Crippen LogP contribution in [0.2, 0.25) is 0 Å². The molecule has 4 heteroatoms. The van der Waals surface area contributed by atoms with Gasteiger partial charge in [0.1, 0.15) is 0 Å². The van der Waals surface area contributed by atoms with Gasteiger partial charge >= 0.3 is 0 Å². The molecular formula is C8H8Br2N2. The summed E-state index contributed by atoms with van der Waals surface area (Å²) >= 11 is 6.79. The Bertz CT molecular complexity index is 310. The van der Waals surface area contributed by atoms with Gasteiger partial charge in [-0.05, 0) is 43.5 Å². The van der Waals surface area contributed by atoms with Crippen LogP contribution in [0.5, 0.6) is 0 Å². The van der Waals surface area contributed by atoms with Crippen molar-refractivity contribution in [1.29, 1.82) is 5.41 Å². The van der Waals surface area contributed by atoms with Crippen molar-refractivity contribution in [1.82, 2.24) is 0 Å². The normalized spacial score (nSPS) is 9.83. The van der Waals surface area contributed by atoms with E-state index in [9.17, 15) is 0 Å². The molecule has 0 aliphatic carbocycles. The van der Waals surface area contributed by atoms with Crippen LogP contribution in [0, 0.1) is 5.41 Å². The Hall–Kier alpha value is -0.350. The van der Waals surface area contributed by atoms with Crippen molar-refractivity contribution in [3.63, 3.8) is 0 Å². The molecule has 0 spiro atoms. The lowest BCUT2D eigenvalue weighted by Gasteiger charge is -2.03. The third-order valence-electron chi connectivity index (χ3n) is 1.41. The molecule has 0 unspecified atom stereocenters. The van der Waals surface area contributed by atoms with Crippen molar-refractivity contribution in [3.05, 3.63) is 32.7 Å². The Balaban J connectivity index is 3.00. The van der Waals surface area contributed by atoms with Gasteiger partial charge in [0, 0.05) is 15.4 Å². The van der Waals surface area contributed by atoms with E-state index in [0.717, 1.165) is 14.5 Å². The molecule has 0 atom stereocenters. The average Bonchev–Trinajstić information content (AvgIpc) is 1.98. The van der Waals surface area contributed by atoms with E-state index in [1.165, 1.54) is 0 Å². The molecule has 0 saturated carbocycles. The summed E-state index contributed by atoms with van der Waals surface area (Å²) < 4.78 is 1.96. The van der Waals surface area contributed by atoms with Crippen LogP contribution >= 0.6 is 31.9 Å². The average molecular weight is 292 g/mol. The molecular weight excluding hydrogens is 284 g/mol. The number of nitrogens with two attached hydrogens (primary N) is 1. The SMILES string of the molecule is N=C(N)Cc1cccc(Br)c1Br. The molecule has 0 radical (unpaired) electrons. The Kier molecular flexibility index (Phi) is 3.29. The molecule has 1 aromatic carbocycles. The van der Waals surface area contributed by atoms with Gasteiger partial charge in [0.25, 0.3) is 0 Å². The number of benzene rings is 1. The fourth-order valence-corrected chi connectivity index (χ4v) is 1.70. The summed E-state index contributed by atoms with van der Waals surface area (Å²) in [6, 6.07) is 5.80. The van der Waals surface area contributed by atoms with Crippen molar-refractivity contribution in [2.45, 2.75) is 6.42 Å². The zero-order chi connectivity index (χ0) is 9.14. The van der Waals surface area contributed by atoms with Crippen LogP contribution in [-0.2, 0) is 6.42 Å². The zero-order valence-corrected chi connectivity index (χ0v) is 9.44. The largest absolute Gasteiger partial charge is 0.387 e. The first-order chi connectivity index (χ1) is 5.61. The van der Waals surface area contributed by atoms with Crippen molar-refractivity contribution >= 4 is 37.7 Å². The second-order valence-corrected chi connectivity index (χ2v) is 4.06. The second-order valence-electron chi connectivity index (χ2n) is 2.41. The molecule has 1 aromatic rings. The number of nitrogens with one attached hydrogen (secondary N) is 1. The fraction of sp³-hybridized carbons (Fsp3) is 0.125. The van der Waals surface area contributed by atoms with Gasteiger partial charge in [-0.3, -0.25) is 5.41 Å². The van der Waals surface area contributed by atoms with E-state index in [1.54, 1.807) is 0 Å². The van der Waals surface area contributed by atoms with E-state index in [0.29, 0.717) is 6.42 Å². The van der Waals surface area contributed by atoms with Gasteiger partial charge in [-0.25, -0.2) is 0 Å². The Labute approximate surface area is 87.9 Å². The summed E-state index contributed by atoms with van der Waals surface area (Å²) in [5.74, 6) is 0.175.